The van der Waals surface area contributed by atoms with Gasteiger partial charge in [-0.3, -0.25) is 9.59 Å². The van der Waals surface area contributed by atoms with Crippen molar-refractivity contribution in [2.75, 3.05) is 6.61 Å². The molecule has 6 nitrogen and oxygen atoms in total. The number of rotatable bonds is 47. The van der Waals surface area contributed by atoms with Crippen LogP contribution in [0.15, 0.2) is 60.8 Å². The van der Waals surface area contributed by atoms with E-state index >= 15 is 0 Å². The van der Waals surface area contributed by atoms with Gasteiger partial charge in [-0.2, -0.15) is 0 Å². The molecule has 0 rings (SSSR count). The Hall–Kier alpha value is -2.44. The summed E-state index contributed by atoms with van der Waals surface area (Å²) < 4.78 is 5.91. The highest BCUT2D eigenvalue weighted by Crippen LogP contribution is 2.17. The van der Waals surface area contributed by atoms with Gasteiger partial charge in [0, 0.05) is 6.42 Å². The van der Waals surface area contributed by atoms with E-state index in [1.807, 2.05) is 0 Å². The minimum Gasteiger partial charge on any atom is -0.462 e. The molecule has 0 aromatic carbocycles. The number of aliphatic hydroxyl groups is 2. The van der Waals surface area contributed by atoms with Crippen LogP contribution in [0.25, 0.3) is 0 Å². The third-order valence-corrected chi connectivity index (χ3v) is 11.8. The molecule has 3 atom stereocenters. The average Bonchev–Trinajstić information content (AvgIpc) is 3.26. The van der Waals surface area contributed by atoms with Crippen molar-refractivity contribution in [3.8, 4) is 0 Å². The lowest BCUT2D eigenvalue weighted by atomic mass is 10.0. The Morgan fingerprint density at radius 2 is 0.887 bits per heavy atom. The molecule has 0 saturated heterocycles. The molecular formula is C56H101NO5. The fourth-order valence-corrected chi connectivity index (χ4v) is 7.83. The Labute approximate surface area is 384 Å². The van der Waals surface area contributed by atoms with E-state index in [9.17, 15) is 19.8 Å². The van der Waals surface area contributed by atoms with Gasteiger partial charge in [-0.1, -0.05) is 223 Å². The Kier molecular flexibility index (Phi) is 47.6. The van der Waals surface area contributed by atoms with E-state index < -0.39 is 18.2 Å². The van der Waals surface area contributed by atoms with Gasteiger partial charge in [0.15, 0.2) is 0 Å². The fraction of sp³-hybridized carbons (Fsp3) is 0.786. The normalized spacial score (nSPS) is 13.7. The van der Waals surface area contributed by atoms with Crippen LogP contribution < -0.4 is 5.32 Å². The molecule has 3 N–H and O–H groups in total. The first kappa shape index (κ1) is 59.6. The number of ether oxygens (including phenoxy) is 1. The van der Waals surface area contributed by atoms with Crippen LogP contribution in [0.5, 0.6) is 0 Å². The molecule has 62 heavy (non-hydrogen) atoms. The van der Waals surface area contributed by atoms with Crippen LogP contribution in [-0.4, -0.2) is 46.9 Å². The van der Waals surface area contributed by atoms with Gasteiger partial charge in [-0.15, -0.1) is 0 Å². The topological polar surface area (TPSA) is 95.9 Å². The smallest absolute Gasteiger partial charge is 0.306 e. The van der Waals surface area contributed by atoms with Gasteiger partial charge in [0.25, 0.3) is 0 Å². The molecule has 0 bridgehead atoms. The third kappa shape index (κ3) is 44.2. The Bertz CT molecular complexity index is 1110. The zero-order valence-electron chi connectivity index (χ0n) is 41.0. The second kappa shape index (κ2) is 49.6. The first-order chi connectivity index (χ1) is 30.5. The molecule has 0 aromatic rings. The number of aliphatic hydroxyl groups excluding tert-OH is 2. The molecule has 0 radical (unpaired) electrons. The number of nitrogens with one attached hydrogen (secondary N) is 1. The number of hydrogen-bond donors (Lipinski definition) is 3. The van der Waals surface area contributed by atoms with Gasteiger partial charge in [0.05, 0.1) is 25.2 Å². The summed E-state index contributed by atoms with van der Waals surface area (Å²) in [6.45, 7) is 6.35. The molecule has 0 saturated carbocycles. The maximum atomic E-state index is 13.2. The van der Waals surface area contributed by atoms with Crippen molar-refractivity contribution in [2.45, 2.75) is 277 Å². The Balaban J connectivity index is 4.64. The zero-order chi connectivity index (χ0) is 45.2. The molecule has 0 aliphatic rings. The van der Waals surface area contributed by atoms with Crippen molar-refractivity contribution < 1.29 is 24.5 Å². The molecular weight excluding hydrogens is 767 g/mol. The second-order valence-corrected chi connectivity index (χ2v) is 17.9. The first-order valence-electron chi connectivity index (χ1n) is 26.5. The van der Waals surface area contributed by atoms with Crippen molar-refractivity contribution >= 4 is 11.9 Å². The minimum absolute atomic E-state index is 0.0378. The summed E-state index contributed by atoms with van der Waals surface area (Å²) in [7, 11) is 0. The molecule has 1 amide bonds. The lowest BCUT2D eigenvalue weighted by Gasteiger charge is -2.24. The third-order valence-electron chi connectivity index (χ3n) is 11.8. The van der Waals surface area contributed by atoms with Gasteiger partial charge < -0.3 is 20.3 Å². The molecule has 3 unspecified atom stereocenters. The number of unbranched alkanes of at least 4 members (excludes halogenated alkanes) is 25. The highest BCUT2D eigenvalue weighted by atomic mass is 16.5. The van der Waals surface area contributed by atoms with E-state index in [2.05, 4.69) is 86.8 Å². The number of carbonyl (C=O) groups is 2. The monoisotopic (exact) mass is 868 g/mol. The Morgan fingerprint density at radius 3 is 1.39 bits per heavy atom. The number of hydrogen-bond acceptors (Lipinski definition) is 5. The van der Waals surface area contributed by atoms with Crippen LogP contribution >= 0.6 is 0 Å². The number of amides is 1. The predicted molar refractivity (Wildman–Crippen MR) is 268 cm³/mol. The zero-order valence-corrected chi connectivity index (χ0v) is 41.0. The van der Waals surface area contributed by atoms with Crippen molar-refractivity contribution in [1.82, 2.24) is 5.32 Å². The average molecular weight is 868 g/mol. The number of esters is 1. The van der Waals surface area contributed by atoms with E-state index in [4.69, 9.17) is 4.74 Å². The van der Waals surface area contributed by atoms with Crippen LogP contribution in [-0.2, 0) is 14.3 Å². The molecule has 0 aliphatic heterocycles. The van der Waals surface area contributed by atoms with Crippen molar-refractivity contribution in [3.05, 3.63) is 60.8 Å². The standard InChI is InChI=1S/C56H101NO5/c1-4-7-10-13-16-19-22-25-28-31-34-37-40-43-46-49-56(61)62-52(47-44-41-38-35-32-29-26-23-20-17-14-11-8-5-2)50-55(60)57-53(51-58)54(59)48-45-42-39-36-33-30-27-24-21-18-15-12-9-6-3/h8,11,17,19-20,22,26,29,35,38,52-54,58-59H,4-7,9-10,12-16,18,21,23-25,27-28,30-34,36-37,39-51H2,1-3H3,(H,57,60)/b11-8+,20-17+,22-19-,29-26+,38-35+. The maximum Gasteiger partial charge on any atom is 0.306 e. The van der Waals surface area contributed by atoms with E-state index in [0.29, 0.717) is 19.3 Å². The van der Waals surface area contributed by atoms with Crippen molar-refractivity contribution in [3.63, 3.8) is 0 Å². The SMILES string of the molecule is CC/C=C/C/C=C/C/C=C/C/C=C/CCCC(CC(=O)NC(CO)C(O)CCCCCCCCCCCCCCCC)OC(=O)CCCCCCCCC/C=C\CCCCCC. The predicted octanol–water partition coefficient (Wildman–Crippen LogP) is 16.0. The summed E-state index contributed by atoms with van der Waals surface area (Å²) in [5.41, 5.74) is 0. The fourth-order valence-electron chi connectivity index (χ4n) is 7.83. The van der Waals surface area contributed by atoms with Gasteiger partial charge in [0.2, 0.25) is 5.91 Å². The molecule has 360 valence electrons. The minimum atomic E-state index is -0.803. The van der Waals surface area contributed by atoms with Crippen molar-refractivity contribution in [1.29, 1.82) is 0 Å². The maximum absolute atomic E-state index is 13.2. The van der Waals surface area contributed by atoms with E-state index in [1.54, 1.807) is 0 Å². The molecule has 6 heteroatoms. The summed E-state index contributed by atoms with van der Waals surface area (Å²) in [4.78, 5) is 26.2. The highest BCUT2D eigenvalue weighted by Gasteiger charge is 2.24. The summed E-state index contributed by atoms with van der Waals surface area (Å²) >= 11 is 0. The van der Waals surface area contributed by atoms with E-state index in [-0.39, 0.29) is 24.9 Å². The Morgan fingerprint density at radius 1 is 0.484 bits per heavy atom. The molecule has 0 spiro atoms. The van der Waals surface area contributed by atoms with Gasteiger partial charge in [-0.05, 0) is 83.5 Å². The lowest BCUT2D eigenvalue weighted by Crippen LogP contribution is -2.46. The number of carbonyl (C=O) groups excluding carboxylic acids is 2. The van der Waals surface area contributed by atoms with E-state index in [0.717, 1.165) is 77.0 Å². The molecule has 0 heterocycles. The first-order valence-corrected chi connectivity index (χ1v) is 26.5. The van der Waals surface area contributed by atoms with Gasteiger partial charge in [0.1, 0.15) is 6.10 Å². The molecule has 0 aromatic heterocycles. The van der Waals surface area contributed by atoms with Crippen LogP contribution in [0, 0.1) is 0 Å². The molecule has 0 aliphatic carbocycles. The van der Waals surface area contributed by atoms with E-state index in [1.165, 1.54) is 135 Å². The highest BCUT2D eigenvalue weighted by molar-refractivity contribution is 5.77. The largest absolute Gasteiger partial charge is 0.462 e. The lowest BCUT2D eigenvalue weighted by molar-refractivity contribution is -0.151. The van der Waals surface area contributed by atoms with Crippen LogP contribution in [0.2, 0.25) is 0 Å². The summed E-state index contributed by atoms with van der Waals surface area (Å²) in [6, 6.07) is -0.720. The van der Waals surface area contributed by atoms with Gasteiger partial charge in [-0.25, -0.2) is 0 Å². The van der Waals surface area contributed by atoms with Crippen LogP contribution in [0.3, 0.4) is 0 Å². The van der Waals surface area contributed by atoms with Crippen molar-refractivity contribution in [2.24, 2.45) is 0 Å². The second-order valence-electron chi connectivity index (χ2n) is 17.9. The molecule has 0 fully saturated rings. The van der Waals surface area contributed by atoms with Crippen LogP contribution in [0.4, 0.5) is 0 Å². The quantitative estimate of drug-likeness (QED) is 0.0322. The number of allylic oxidation sites excluding steroid dienone is 10. The van der Waals surface area contributed by atoms with Gasteiger partial charge >= 0.3 is 5.97 Å². The van der Waals surface area contributed by atoms with Crippen LogP contribution in [0.1, 0.15) is 258 Å². The summed E-state index contributed by atoms with van der Waals surface area (Å²) in [5.74, 6) is -0.530. The summed E-state index contributed by atoms with van der Waals surface area (Å²) in [6.07, 6.45) is 61.4. The summed E-state index contributed by atoms with van der Waals surface area (Å²) in [5, 5.41) is 23.8.